The van der Waals surface area contributed by atoms with Crippen LogP contribution in [0.3, 0.4) is 0 Å². The van der Waals surface area contributed by atoms with Crippen molar-refractivity contribution in [3.63, 3.8) is 0 Å². The van der Waals surface area contributed by atoms with Crippen molar-refractivity contribution in [3.05, 3.63) is 81.3 Å². The van der Waals surface area contributed by atoms with Gasteiger partial charge in [0.2, 0.25) is 0 Å². The molecular weight excluding hydrogens is 539 g/mol. The fourth-order valence-electron chi connectivity index (χ4n) is 3.42. The van der Waals surface area contributed by atoms with Crippen molar-refractivity contribution in [2.45, 2.75) is 38.5 Å². The Labute approximate surface area is 225 Å². The van der Waals surface area contributed by atoms with Gasteiger partial charge in [0.15, 0.2) is 0 Å². The Kier molecular flexibility index (Phi) is 9.30. The largest absolute Gasteiger partial charge is 0.351 e. The average molecular weight is 566 g/mol. The highest BCUT2D eigenvalue weighted by atomic mass is 35.5. The summed E-state index contributed by atoms with van der Waals surface area (Å²) < 4.78 is 37.1. The number of sulfonamides is 1. The van der Waals surface area contributed by atoms with Gasteiger partial charge >= 0.3 is 0 Å². The maximum Gasteiger partial charge on any atom is 0.264 e. The number of amides is 1. The number of carbonyl (C=O) groups is 1. The number of benzene rings is 3. The Hall–Kier alpha value is -2.72. The summed E-state index contributed by atoms with van der Waals surface area (Å²) in [5, 5.41) is 3.77. The Bertz CT molecular complexity index is 1490. The standard InChI is InChI=1S/C23H20Cl2N4O3S2.C2H6/c1-13-6-8-16(23(30)26-12-14(2)15-7-9-17(24)18(25)11-15)20(10-13)29-34(31,32)21-5-3-4-19-22(21)28-33-27-19;1-2/h3-11,14,29H,12H2,1-2H3,(H,26,30);1-2H3. The lowest BCUT2D eigenvalue weighted by atomic mass is 10.0. The zero-order valence-electron chi connectivity index (χ0n) is 20.2. The lowest BCUT2D eigenvalue weighted by Gasteiger charge is -2.16. The average Bonchev–Trinajstić information content (AvgIpc) is 3.34. The number of rotatable bonds is 7. The summed E-state index contributed by atoms with van der Waals surface area (Å²) in [7, 11) is -4.02. The molecule has 1 atom stereocenters. The van der Waals surface area contributed by atoms with E-state index in [1.165, 1.54) is 6.07 Å². The van der Waals surface area contributed by atoms with Crippen molar-refractivity contribution in [1.82, 2.24) is 14.1 Å². The highest BCUT2D eigenvalue weighted by Gasteiger charge is 2.23. The number of hydrogen-bond donors (Lipinski definition) is 2. The zero-order valence-corrected chi connectivity index (χ0v) is 23.3. The number of aryl methyl sites for hydroxylation is 1. The van der Waals surface area contributed by atoms with E-state index >= 15 is 0 Å². The Balaban J connectivity index is 0.00000176. The summed E-state index contributed by atoms with van der Waals surface area (Å²) in [6.07, 6.45) is 0. The molecule has 1 heterocycles. The van der Waals surface area contributed by atoms with E-state index < -0.39 is 15.9 Å². The van der Waals surface area contributed by atoms with Crippen LogP contribution in [0, 0.1) is 6.92 Å². The monoisotopic (exact) mass is 564 g/mol. The summed E-state index contributed by atoms with van der Waals surface area (Å²) in [5.41, 5.74) is 2.89. The van der Waals surface area contributed by atoms with Gasteiger partial charge in [0.1, 0.15) is 15.9 Å². The third-order valence-corrected chi connectivity index (χ3v) is 7.96. The molecule has 0 saturated carbocycles. The van der Waals surface area contributed by atoms with Crippen LogP contribution < -0.4 is 10.0 Å². The maximum atomic E-state index is 13.2. The quantitative estimate of drug-likeness (QED) is 0.261. The lowest BCUT2D eigenvalue weighted by Crippen LogP contribution is -2.28. The molecule has 0 radical (unpaired) electrons. The highest BCUT2D eigenvalue weighted by Crippen LogP contribution is 2.28. The molecule has 0 bridgehead atoms. The SMILES string of the molecule is CC.Cc1ccc(C(=O)NCC(C)c2ccc(Cl)c(Cl)c2)c(NS(=O)(=O)c2cccc3nsnc23)c1. The van der Waals surface area contributed by atoms with Crippen LogP contribution in [0.4, 0.5) is 5.69 Å². The second-order valence-electron chi connectivity index (χ2n) is 7.83. The first-order valence-corrected chi connectivity index (χ1v) is 14.2. The van der Waals surface area contributed by atoms with Crippen LogP contribution >= 0.6 is 34.9 Å². The molecule has 7 nitrogen and oxygen atoms in total. The number of nitrogens with one attached hydrogen (secondary N) is 2. The number of hydrogen-bond acceptors (Lipinski definition) is 6. The van der Waals surface area contributed by atoms with Gasteiger partial charge < -0.3 is 5.32 Å². The fourth-order valence-corrected chi connectivity index (χ4v) is 5.56. The molecule has 4 aromatic rings. The van der Waals surface area contributed by atoms with Crippen molar-refractivity contribution in [3.8, 4) is 0 Å². The first kappa shape index (κ1) is 27.9. The van der Waals surface area contributed by atoms with Crippen molar-refractivity contribution in [2.75, 3.05) is 11.3 Å². The van der Waals surface area contributed by atoms with Gasteiger partial charge in [0.05, 0.1) is 33.0 Å². The van der Waals surface area contributed by atoms with Crippen LogP contribution in [0.2, 0.25) is 10.0 Å². The summed E-state index contributed by atoms with van der Waals surface area (Å²) in [5.74, 6) is -0.447. The molecule has 4 rings (SSSR count). The van der Waals surface area contributed by atoms with E-state index in [2.05, 4.69) is 18.8 Å². The van der Waals surface area contributed by atoms with Gasteiger partial charge in [-0.25, -0.2) is 8.42 Å². The molecule has 0 aliphatic rings. The molecule has 1 aromatic heterocycles. The maximum absolute atomic E-state index is 13.2. The lowest BCUT2D eigenvalue weighted by molar-refractivity contribution is 0.0952. The number of anilines is 1. The molecule has 0 aliphatic carbocycles. The van der Waals surface area contributed by atoms with Gasteiger partial charge in [-0.05, 0) is 60.4 Å². The van der Waals surface area contributed by atoms with Crippen LogP contribution in [0.1, 0.15) is 48.2 Å². The Morgan fingerprint density at radius 3 is 2.50 bits per heavy atom. The predicted molar refractivity (Wildman–Crippen MR) is 148 cm³/mol. The fraction of sp³-hybridized carbons (Fsp3) is 0.240. The van der Waals surface area contributed by atoms with Gasteiger partial charge in [-0.1, -0.05) is 62.2 Å². The van der Waals surface area contributed by atoms with Crippen LogP contribution in [-0.2, 0) is 10.0 Å². The highest BCUT2D eigenvalue weighted by molar-refractivity contribution is 7.93. The van der Waals surface area contributed by atoms with E-state index in [1.54, 1.807) is 42.5 Å². The number of carbonyl (C=O) groups excluding carboxylic acids is 1. The molecule has 0 saturated heterocycles. The molecule has 2 N–H and O–H groups in total. The van der Waals surface area contributed by atoms with Crippen LogP contribution in [0.25, 0.3) is 11.0 Å². The van der Waals surface area contributed by atoms with E-state index in [0.717, 1.165) is 22.9 Å². The molecule has 1 unspecified atom stereocenters. The molecule has 0 fully saturated rings. The van der Waals surface area contributed by atoms with Crippen LogP contribution in [0.15, 0.2) is 59.5 Å². The van der Waals surface area contributed by atoms with Gasteiger partial charge in [-0.2, -0.15) is 8.75 Å². The topological polar surface area (TPSA) is 101 Å². The van der Waals surface area contributed by atoms with E-state index in [1.807, 2.05) is 33.8 Å². The molecule has 11 heteroatoms. The Morgan fingerprint density at radius 1 is 1.03 bits per heavy atom. The predicted octanol–water partition coefficient (Wildman–Crippen LogP) is 6.67. The molecule has 36 heavy (non-hydrogen) atoms. The first-order valence-electron chi connectivity index (χ1n) is 11.2. The molecular formula is C25H26Cl2N4O3S2. The van der Waals surface area contributed by atoms with Gasteiger partial charge in [0, 0.05) is 6.54 Å². The van der Waals surface area contributed by atoms with E-state index in [-0.39, 0.29) is 27.6 Å². The molecule has 0 spiro atoms. The first-order chi connectivity index (χ1) is 17.2. The summed E-state index contributed by atoms with van der Waals surface area (Å²) in [6.45, 7) is 8.08. The minimum atomic E-state index is -4.02. The molecule has 0 aliphatic heterocycles. The third kappa shape index (κ3) is 6.34. The number of aromatic nitrogens is 2. The number of nitrogens with zero attached hydrogens (tertiary/aromatic N) is 2. The minimum Gasteiger partial charge on any atom is -0.351 e. The summed E-state index contributed by atoms with van der Waals surface area (Å²) in [4.78, 5) is 13.0. The van der Waals surface area contributed by atoms with Crippen molar-refractivity contribution < 1.29 is 13.2 Å². The van der Waals surface area contributed by atoms with Gasteiger partial charge in [-0.3, -0.25) is 9.52 Å². The van der Waals surface area contributed by atoms with Crippen molar-refractivity contribution in [2.24, 2.45) is 0 Å². The Morgan fingerprint density at radius 2 is 1.78 bits per heavy atom. The van der Waals surface area contributed by atoms with Gasteiger partial charge in [0.25, 0.3) is 15.9 Å². The van der Waals surface area contributed by atoms with Crippen molar-refractivity contribution >= 4 is 67.6 Å². The zero-order chi connectivity index (χ0) is 26.5. The second-order valence-corrected chi connectivity index (χ2v) is 10.8. The van der Waals surface area contributed by atoms with Crippen LogP contribution in [-0.4, -0.2) is 29.6 Å². The smallest absolute Gasteiger partial charge is 0.264 e. The molecule has 3 aromatic carbocycles. The normalized spacial score (nSPS) is 11.9. The molecule has 190 valence electrons. The van der Waals surface area contributed by atoms with E-state index in [4.69, 9.17) is 23.2 Å². The summed E-state index contributed by atoms with van der Waals surface area (Å²) >= 11 is 13.0. The minimum absolute atomic E-state index is 0.000136. The van der Waals surface area contributed by atoms with E-state index in [9.17, 15) is 13.2 Å². The number of fused-ring (bicyclic) bond motifs is 1. The van der Waals surface area contributed by atoms with Crippen molar-refractivity contribution in [1.29, 1.82) is 0 Å². The number of halogens is 2. The third-order valence-electron chi connectivity index (χ3n) is 5.28. The van der Waals surface area contributed by atoms with Crippen LogP contribution in [0.5, 0.6) is 0 Å². The van der Waals surface area contributed by atoms with Gasteiger partial charge in [-0.15, -0.1) is 0 Å². The summed E-state index contributed by atoms with van der Waals surface area (Å²) in [6, 6.07) is 15.0. The second kappa shape index (κ2) is 12.0. The van der Waals surface area contributed by atoms with E-state index in [0.29, 0.717) is 22.1 Å². The molecule has 1 amide bonds.